The third kappa shape index (κ3) is 2.01. The summed E-state index contributed by atoms with van der Waals surface area (Å²) in [5.41, 5.74) is 1.71. The van der Waals surface area contributed by atoms with Crippen molar-refractivity contribution in [3.8, 4) is 11.5 Å². The van der Waals surface area contributed by atoms with Crippen LogP contribution in [0.15, 0.2) is 30.3 Å². The minimum absolute atomic E-state index is 0.132. The van der Waals surface area contributed by atoms with E-state index < -0.39 is 11.7 Å². The zero-order chi connectivity index (χ0) is 15.3. The molecule has 0 spiro atoms. The highest BCUT2D eigenvalue weighted by atomic mass is 35.5. The van der Waals surface area contributed by atoms with E-state index in [4.69, 9.17) is 21.1 Å². The van der Waals surface area contributed by atoms with Crippen LogP contribution in [0.1, 0.15) is 23.5 Å². The van der Waals surface area contributed by atoms with Crippen molar-refractivity contribution in [1.29, 1.82) is 0 Å². The number of anilines is 1. The number of carbonyl (C=O) groups is 1. The number of benzene rings is 2. The molecule has 2 aliphatic rings. The van der Waals surface area contributed by atoms with E-state index in [-0.39, 0.29) is 19.1 Å². The van der Waals surface area contributed by atoms with Crippen molar-refractivity contribution in [3.63, 3.8) is 0 Å². The van der Waals surface area contributed by atoms with Crippen molar-refractivity contribution >= 4 is 23.2 Å². The minimum Gasteiger partial charge on any atom is -0.454 e. The SMILES string of the molecule is O=C1C[C@@H](c2c(F)cccc2Cl)c2cc3c(cc2N1)OCO3. The second kappa shape index (κ2) is 4.88. The van der Waals surface area contributed by atoms with Crippen LogP contribution in [0.25, 0.3) is 0 Å². The van der Waals surface area contributed by atoms with Gasteiger partial charge in [-0.2, -0.15) is 0 Å². The molecular weight excluding hydrogens is 309 g/mol. The largest absolute Gasteiger partial charge is 0.454 e. The van der Waals surface area contributed by atoms with E-state index >= 15 is 0 Å². The molecule has 2 aromatic rings. The molecule has 22 heavy (non-hydrogen) atoms. The summed E-state index contributed by atoms with van der Waals surface area (Å²) in [5.74, 6) is 0.102. The van der Waals surface area contributed by atoms with E-state index in [1.807, 2.05) is 0 Å². The van der Waals surface area contributed by atoms with Gasteiger partial charge in [0.2, 0.25) is 12.7 Å². The summed E-state index contributed by atoms with van der Waals surface area (Å²) >= 11 is 6.17. The smallest absolute Gasteiger partial charge is 0.231 e. The molecule has 0 unspecified atom stereocenters. The lowest BCUT2D eigenvalue weighted by atomic mass is 9.84. The Balaban J connectivity index is 1.91. The maximum Gasteiger partial charge on any atom is 0.231 e. The highest BCUT2D eigenvalue weighted by Crippen LogP contribution is 2.46. The van der Waals surface area contributed by atoms with Crippen molar-refractivity contribution in [1.82, 2.24) is 0 Å². The van der Waals surface area contributed by atoms with Crippen LogP contribution in [0, 0.1) is 5.82 Å². The number of carbonyl (C=O) groups excluding carboxylic acids is 1. The van der Waals surface area contributed by atoms with Gasteiger partial charge in [0.1, 0.15) is 5.82 Å². The Morgan fingerprint density at radius 1 is 1.23 bits per heavy atom. The normalized spacial score (nSPS) is 18.8. The molecule has 2 aromatic carbocycles. The van der Waals surface area contributed by atoms with Gasteiger partial charge in [-0.1, -0.05) is 17.7 Å². The van der Waals surface area contributed by atoms with Crippen molar-refractivity contribution in [2.75, 3.05) is 12.1 Å². The molecule has 1 atom stereocenters. The van der Waals surface area contributed by atoms with Gasteiger partial charge in [0.15, 0.2) is 11.5 Å². The predicted octanol–water partition coefficient (Wildman–Crippen LogP) is 3.68. The molecule has 1 N–H and O–H groups in total. The van der Waals surface area contributed by atoms with Crippen LogP contribution >= 0.6 is 11.6 Å². The van der Waals surface area contributed by atoms with E-state index in [2.05, 4.69) is 5.32 Å². The molecule has 0 bridgehead atoms. The molecule has 0 saturated carbocycles. The van der Waals surface area contributed by atoms with Gasteiger partial charge in [-0.15, -0.1) is 0 Å². The molecule has 0 aromatic heterocycles. The Hall–Kier alpha value is -2.27. The second-order valence-corrected chi connectivity index (χ2v) is 5.64. The van der Waals surface area contributed by atoms with E-state index in [0.29, 0.717) is 27.8 Å². The minimum atomic E-state index is -0.452. The molecule has 0 radical (unpaired) electrons. The van der Waals surface area contributed by atoms with Crippen LogP contribution in [-0.4, -0.2) is 12.7 Å². The lowest BCUT2D eigenvalue weighted by molar-refractivity contribution is -0.116. The van der Waals surface area contributed by atoms with Crippen molar-refractivity contribution in [3.05, 3.63) is 52.3 Å². The third-order valence-electron chi connectivity index (χ3n) is 3.93. The van der Waals surface area contributed by atoms with Gasteiger partial charge >= 0.3 is 0 Å². The summed E-state index contributed by atoms with van der Waals surface area (Å²) in [4.78, 5) is 12.0. The zero-order valence-corrected chi connectivity index (χ0v) is 12.1. The Bertz CT molecular complexity index is 773. The second-order valence-electron chi connectivity index (χ2n) is 5.23. The van der Waals surface area contributed by atoms with Gasteiger partial charge in [0, 0.05) is 34.7 Å². The number of halogens is 2. The third-order valence-corrected chi connectivity index (χ3v) is 4.26. The zero-order valence-electron chi connectivity index (χ0n) is 11.4. The van der Waals surface area contributed by atoms with E-state index in [9.17, 15) is 9.18 Å². The van der Waals surface area contributed by atoms with E-state index in [0.717, 1.165) is 5.56 Å². The van der Waals surface area contributed by atoms with Crippen molar-refractivity contribution in [2.24, 2.45) is 0 Å². The Labute approximate surface area is 130 Å². The summed E-state index contributed by atoms with van der Waals surface area (Å²) in [6.07, 6.45) is 0.132. The number of rotatable bonds is 1. The van der Waals surface area contributed by atoms with Gasteiger partial charge in [-0.25, -0.2) is 4.39 Å². The number of ether oxygens (including phenoxy) is 2. The fourth-order valence-electron chi connectivity index (χ4n) is 2.95. The topological polar surface area (TPSA) is 47.6 Å². The molecule has 0 fully saturated rings. The fraction of sp³-hybridized carbons (Fsp3) is 0.188. The summed E-state index contributed by atoms with van der Waals surface area (Å²) < 4.78 is 24.9. The van der Waals surface area contributed by atoms with E-state index in [1.165, 1.54) is 6.07 Å². The molecule has 0 aliphatic carbocycles. The van der Waals surface area contributed by atoms with Crippen LogP contribution in [0.2, 0.25) is 5.02 Å². The number of hydrogen-bond donors (Lipinski definition) is 1. The first-order chi connectivity index (χ1) is 10.6. The number of fused-ring (bicyclic) bond motifs is 2. The van der Waals surface area contributed by atoms with Gasteiger partial charge in [0.25, 0.3) is 0 Å². The monoisotopic (exact) mass is 319 g/mol. The first kappa shape index (κ1) is 13.4. The maximum atomic E-state index is 14.3. The van der Waals surface area contributed by atoms with Gasteiger partial charge in [0.05, 0.1) is 0 Å². The number of nitrogens with one attached hydrogen (secondary N) is 1. The molecule has 4 nitrogen and oxygen atoms in total. The van der Waals surface area contributed by atoms with Gasteiger partial charge in [-0.05, 0) is 23.8 Å². The lowest BCUT2D eigenvalue weighted by Gasteiger charge is -2.27. The average Bonchev–Trinajstić information content (AvgIpc) is 2.92. The lowest BCUT2D eigenvalue weighted by Crippen LogP contribution is -2.24. The van der Waals surface area contributed by atoms with E-state index in [1.54, 1.807) is 24.3 Å². The quantitative estimate of drug-likeness (QED) is 0.872. The summed E-state index contributed by atoms with van der Waals surface area (Å²) in [5, 5.41) is 3.10. The molecule has 1 amide bonds. The van der Waals surface area contributed by atoms with Crippen LogP contribution in [0.5, 0.6) is 11.5 Å². The molecule has 2 heterocycles. The molecular formula is C16H11ClFNO3. The van der Waals surface area contributed by atoms with Crippen LogP contribution in [-0.2, 0) is 4.79 Å². The Morgan fingerprint density at radius 3 is 2.77 bits per heavy atom. The Kier molecular flexibility index (Phi) is 2.97. The Morgan fingerprint density at radius 2 is 2.00 bits per heavy atom. The predicted molar refractivity (Wildman–Crippen MR) is 79.1 cm³/mol. The summed E-state index contributed by atoms with van der Waals surface area (Å²) in [6.45, 7) is 0.136. The highest BCUT2D eigenvalue weighted by Gasteiger charge is 2.32. The fourth-order valence-corrected chi connectivity index (χ4v) is 3.25. The average molecular weight is 320 g/mol. The van der Waals surface area contributed by atoms with Crippen LogP contribution in [0.4, 0.5) is 10.1 Å². The summed E-state index contributed by atoms with van der Waals surface area (Å²) in [7, 11) is 0. The molecule has 0 saturated heterocycles. The first-order valence-corrected chi connectivity index (χ1v) is 7.18. The molecule has 2 aliphatic heterocycles. The van der Waals surface area contributed by atoms with Crippen molar-refractivity contribution < 1.29 is 18.7 Å². The van der Waals surface area contributed by atoms with Gasteiger partial charge in [-0.3, -0.25) is 4.79 Å². The highest BCUT2D eigenvalue weighted by molar-refractivity contribution is 6.31. The molecule has 4 rings (SSSR count). The first-order valence-electron chi connectivity index (χ1n) is 6.81. The summed E-state index contributed by atoms with van der Waals surface area (Å²) in [6, 6.07) is 8.01. The number of amides is 1. The van der Waals surface area contributed by atoms with Crippen LogP contribution in [0.3, 0.4) is 0 Å². The molecule has 6 heteroatoms. The molecule has 112 valence electrons. The van der Waals surface area contributed by atoms with Gasteiger partial charge < -0.3 is 14.8 Å². The maximum absolute atomic E-state index is 14.3. The number of hydrogen-bond acceptors (Lipinski definition) is 3. The van der Waals surface area contributed by atoms with Crippen LogP contribution < -0.4 is 14.8 Å². The van der Waals surface area contributed by atoms with Crippen molar-refractivity contribution in [2.45, 2.75) is 12.3 Å². The standard InChI is InChI=1S/C16H11ClFNO3/c17-10-2-1-3-11(18)16(10)9-5-15(20)19-12-6-14-13(4-8(9)12)21-7-22-14/h1-4,6,9H,5,7H2,(H,19,20)/t9-/m1/s1.